The summed E-state index contributed by atoms with van der Waals surface area (Å²) in [6.07, 6.45) is -0.913. The number of rotatable bonds is 9. The van der Waals surface area contributed by atoms with Crippen LogP contribution >= 0.6 is 11.3 Å². The van der Waals surface area contributed by atoms with Crippen LogP contribution < -0.4 is 5.32 Å². The molecule has 0 aliphatic carbocycles. The van der Waals surface area contributed by atoms with Gasteiger partial charge in [0, 0.05) is 23.4 Å². The number of thiophene rings is 1. The fourth-order valence-electron chi connectivity index (χ4n) is 3.64. The molecule has 1 unspecified atom stereocenters. The second-order valence-corrected chi connectivity index (χ2v) is 9.29. The summed E-state index contributed by atoms with van der Waals surface area (Å²) in [6.45, 7) is 7.71. The first kappa shape index (κ1) is 24.5. The predicted octanol–water partition coefficient (Wildman–Crippen LogP) is 5.09. The Bertz CT molecular complexity index is 1150. The fraction of sp³-hybridized carbons (Fsp3) is 0.308. The molecule has 33 heavy (non-hydrogen) atoms. The van der Waals surface area contributed by atoms with Crippen molar-refractivity contribution >= 4 is 23.2 Å². The number of benzene rings is 2. The van der Waals surface area contributed by atoms with E-state index in [4.69, 9.17) is 4.74 Å². The number of aliphatic carboxylic acids is 1. The quantitative estimate of drug-likeness (QED) is 0.407. The Morgan fingerprint density at radius 2 is 1.85 bits per heavy atom. The van der Waals surface area contributed by atoms with Crippen molar-refractivity contribution in [2.45, 2.75) is 52.9 Å². The maximum Gasteiger partial charge on any atom is 0.333 e. The van der Waals surface area contributed by atoms with Gasteiger partial charge in [0.2, 0.25) is 0 Å². The van der Waals surface area contributed by atoms with Crippen LogP contribution in [0.1, 0.15) is 46.5 Å². The molecule has 0 aliphatic rings. The standard InChI is InChI=1S/C26H29NO5S/c1-15(2)32-23(26(30)31)12-18-5-7-22(24-9-16(3)14-33-24)19(11-18)13-27-25(29)21-8-6-20(28)10-17(21)4/h5-11,14-15,23,28H,12-13H2,1-4H3,(H,27,29)(H,30,31). The van der Waals surface area contributed by atoms with Crippen LogP contribution in [0.5, 0.6) is 5.75 Å². The van der Waals surface area contributed by atoms with E-state index in [2.05, 4.69) is 16.8 Å². The van der Waals surface area contributed by atoms with Gasteiger partial charge >= 0.3 is 5.97 Å². The van der Waals surface area contributed by atoms with Crippen LogP contribution in [0.4, 0.5) is 0 Å². The molecule has 7 heteroatoms. The van der Waals surface area contributed by atoms with Crippen LogP contribution in [0.25, 0.3) is 10.4 Å². The molecule has 6 nitrogen and oxygen atoms in total. The number of ether oxygens (including phenoxy) is 1. The summed E-state index contributed by atoms with van der Waals surface area (Å²) in [5.41, 5.74) is 5.05. The number of carbonyl (C=O) groups excluding carboxylic acids is 1. The molecule has 174 valence electrons. The number of phenolic OH excluding ortho intramolecular Hbond substituents is 1. The molecule has 0 bridgehead atoms. The number of aryl methyl sites for hydroxylation is 2. The van der Waals surface area contributed by atoms with E-state index in [1.165, 1.54) is 6.07 Å². The predicted molar refractivity (Wildman–Crippen MR) is 130 cm³/mol. The monoisotopic (exact) mass is 467 g/mol. The zero-order valence-corrected chi connectivity index (χ0v) is 20.0. The highest BCUT2D eigenvalue weighted by molar-refractivity contribution is 7.13. The van der Waals surface area contributed by atoms with Crippen LogP contribution in [0.2, 0.25) is 0 Å². The van der Waals surface area contributed by atoms with Gasteiger partial charge in [0.05, 0.1) is 6.10 Å². The average Bonchev–Trinajstić information content (AvgIpc) is 3.17. The Labute approximate surface area is 197 Å². The highest BCUT2D eigenvalue weighted by Gasteiger charge is 2.21. The molecule has 3 N–H and O–H groups in total. The number of hydrogen-bond donors (Lipinski definition) is 3. The Balaban J connectivity index is 1.88. The lowest BCUT2D eigenvalue weighted by atomic mass is 9.98. The Morgan fingerprint density at radius 1 is 1.09 bits per heavy atom. The number of amides is 1. The third kappa shape index (κ3) is 6.43. The SMILES string of the molecule is Cc1csc(-c2ccc(CC(OC(C)C)C(=O)O)cc2CNC(=O)c2ccc(O)cc2C)c1. The second kappa shape index (κ2) is 10.6. The molecule has 0 spiro atoms. The van der Waals surface area contributed by atoms with Crippen LogP contribution in [-0.4, -0.2) is 34.3 Å². The second-order valence-electron chi connectivity index (χ2n) is 8.38. The number of carboxylic acid groups (broad SMARTS) is 1. The van der Waals surface area contributed by atoms with Gasteiger partial charge in [-0.15, -0.1) is 11.3 Å². The summed E-state index contributed by atoms with van der Waals surface area (Å²) in [4.78, 5) is 25.5. The highest BCUT2D eigenvalue weighted by atomic mass is 32.1. The molecule has 1 amide bonds. The van der Waals surface area contributed by atoms with E-state index in [9.17, 15) is 19.8 Å². The minimum Gasteiger partial charge on any atom is -0.508 e. The molecule has 0 aliphatic heterocycles. The van der Waals surface area contributed by atoms with E-state index in [1.54, 1.807) is 30.4 Å². The van der Waals surface area contributed by atoms with Crippen molar-refractivity contribution in [1.29, 1.82) is 0 Å². The molecular weight excluding hydrogens is 438 g/mol. The third-order valence-corrected chi connectivity index (χ3v) is 6.27. The molecule has 0 radical (unpaired) electrons. The maximum absolute atomic E-state index is 12.8. The van der Waals surface area contributed by atoms with Crippen molar-refractivity contribution in [2.75, 3.05) is 0 Å². The van der Waals surface area contributed by atoms with Crippen molar-refractivity contribution in [1.82, 2.24) is 5.32 Å². The third-order valence-electron chi connectivity index (χ3n) is 5.19. The van der Waals surface area contributed by atoms with Gasteiger partial charge in [0.25, 0.3) is 5.91 Å². The Kier molecular flexibility index (Phi) is 7.89. The number of phenols is 1. The van der Waals surface area contributed by atoms with Crippen LogP contribution in [0, 0.1) is 13.8 Å². The summed E-state index contributed by atoms with van der Waals surface area (Å²) in [7, 11) is 0. The molecule has 3 rings (SSSR count). The lowest BCUT2D eigenvalue weighted by Crippen LogP contribution is -2.29. The van der Waals surface area contributed by atoms with E-state index in [0.717, 1.165) is 27.1 Å². The fourth-order valence-corrected chi connectivity index (χ4v) is 4.60. The summed E-state index contributed by atoms with van der Waals surface area (Å²) < 4.78 is 5.56. The number of hydrogen-bond acceptors (Lipinski definition) is 5. The number of carbonyl (C=O) groups is 2. The van der Waals surface area contributed by atoms with Gasteiger partial charge in [-0.2, -0.15) is 0 Å². The van der Waals surface area contributed by atoms with Gasteiger partial charge in [-0.25, -0.2) is 4.79 Å². The topological polar surface area (TPSA) is 95.9 Å². The molecule has 2 aromatic carbocycles. The van der Waals surface area contributed by atoms with Crippen molar-refractivity contribution in [3.63, 3.8) is 0 Å². The Hall–Kier alpha value is -3.16. The molecule has 3 aromatic rings. The normalized spacial score (nSPS) is 12.0. The van der Waals surface area contributed by atoms with Gasteiger partial charge in [-0.1, -0.05) is 18.2 Å². The van der Waals surface area contributed by atoms with Crippen LogP contribution in [0.3, 0.4) is 0 Å². The minimum atomic E-state index is -1.00. The number of nitrogens with one attached hydrogen (secondary N) is 1. The first-order chi connectivity index (χ1) is 15.6. The molecule has 0 fully saturated rings. The van der Waals surface area contributed by atoms with Crippen molar-refractivity contribution < 1.29 is 24.5 Å². The van der Waals surface area contributed by atoms with E-state index in [-0.39, 0.29) is 30.7 Å². The van der Waals surface area contributed by atoms with Crippen LogP contribution in [0.15, 0.2) is 47.8 Å². The van der Waals surface area contributed by atoms with Crippen molar-refractivity contribution in [3.05, 3.63) is 75.7 Å². The largest absolute Gasteiger partial charge is 0.508 e. The van der Waals surface area contributed by atoms with E-state index >= 15 is 0 Å². The maximum atomic E-state index is 12.8. The number of carboxylic acids is 1. The van der Waals surface area contributed by atoms with Gasteiger partial charge in [-0.3, -0.25) is 4.79 Å². The van der Waals surface area contributed by atoms with Gasteiger partial charge in [-0.05, 0) is 85.2 Å². The smallest absolute Gasteiger partial charge is 0.333 e. The van der Waals surface area contributed by atoms with Gasteiger partial charge < -0.3 is 20.3 Å². The molecule has 0 saturated carbocycles. The van der Waals surface area contributed by atoms with E-state index in [0.29, 0.717) is 11.1 Å². The molecule has 1 atom stereocenters. The van der Waals surface area contributed by atoms with Crippen molar-refractivity contribution in [2.24, 2.45) is 0 Å². The van der Waals surface area contributed by atoms with Crippen molar-refractivity contribution in [3.8, 4) is 16.2 Å². The highest BCUT2D eigenvalue weighted by Crippen LogP contribution is 2.31. The molecule has 1 aromatic heterocycles. The zero-order valence-electron chi connectivity index (χ0n) is 19.2. The van der Waals surface area contributed by atoms with Crippen LogP contribution in [-0.2, 0) is 22.5 Å². The molecule has 1 heterocycles. The first-order valence-corrected chi connectivity index (χ1v) is 11.7. The zero-order chi connectivity index (χ0) is 24.1. The minimum absolute atomic E-state index is 0.115. The van der Waals surface area contributed by atoms with Gasteiger partial charge in [0.1, 0.15) is 5.75 Å². The molecule has 0 saturated heterocycles. The lowest BCUT2D eigenvalue weighted by Gasteiger charge is -2.18. The summed E-state index contributed by atoms with van der Waals surface area (Å²) in [5.74, 6) is -1.12. The summed E-state index contributed by atoms with van der Waals surface area (Å²) >= 11 is 1.63. The van der Waals surface area contributed by atoms with Gasteiger partial charge in [0.15, 0.2) is 6.10 Å². The number of aromatic hydroxyl groups is 1. The van der Waals surface area contributed by atoms with E-state index < -0.39 is 12.1 Å². The summed E-state index contributed by atoms with van der Waals surface area (Å²) in [5, 5.41) is 24.2. The Morgan fingerprint density at radius 3 is 2.45 bits per heavy atom. The average molecular weight is 468 g/mol. The van der Waals surface area contributed by atoms with E-state index in [1.807, 2.05) is 39.0 Å². The molecular formula is C26H29NO5S. The first-order valence-electron chi connectivity index (χ1n) is 10.8. The lowest BCUT2D eigenvalue weighted by molar-refractivity contribution is -0.153. The summed E-state index contributed by atoms with van der Waals surface area (Å²) in [6, 6.07) is 12.6.